The molecule has 14 heavy (non-hydrogen) atoms. The van der Waals surface area contributed by atoms with Gasteiger partial charge in [-0.25, -0.2) is 0 Å². The van der Waals surface area contributed by atoms with Gasteiger partial charge in [0.2, 0.25) is 0 Å². The molecule has 1 aromatic rings. The molecule has 0 aliphatic carbocycles. The fourth-order valence-electron chi connectivity index (χ4n) is 1.64. The summed E-state index contributed by atoms with van der Waals surface area (Å²) in [6, 6.07) is 9.29. The lowest BCUT2D eigenvalue weighted by Crippen LogP contribution is -2.24. The molecule has 1 saturated heterocycles. The molecule has 0 saturated carbocycles. The van der Waals surface area contributed by atoms with Crippen LogP contribution in [0.3, 0.4) is 0 Å². The Morgan fingerprint density at radius 1 is 1.36 bits per heavy atom. The van der Waals surface area contributed by atoms with E-state index in [1.165, 1.54) is 0 Å². The predicted molar refractivity (Wildman–Crippen MR) is 57.0 cm³/mol. The van der Waals surface area contributed by atoms with Gasteiger partial charge in [0.15, 0.2) is 0 Å². The number of hydrogen-bond acceptors (Lipinski definition) is 3. The lowest BCUT2D eigenvalue weighted by Gasteiger charge is -2.21. The van der Waals surface area contributed by atoms with Crippen LogP contribution in [0, 0.1) is 11.3 Å². The average Bonchev–Trinajstić information content (AvgIpc) is 2.67. The van der Waals surface area contributed by atoms with E-state index in [9.17, 15) is 5.11 Å². The number of thioether (sulfide) groups is 1. The first-order valence-electron chi connectivity index (χ1n) is 4.55. The van der Waals surface area contributed by atoms with Crippen molar-refractivity contribution < 1.29 is 5.11 Å². The highest BCUT2D eigenvalue weighted by Gasteiger charge is 2.33. The Bertz CT molecular complexity index is 360. The standard InChI is InChI=1S/C11H11NOS/c12-7-9-1-3-10(4-2-9)11(13)5-6-14-8-11/h1-4,13H,5-6,8H2. The van der Waals surface area contributed by atoms with Crippen LogP contribution in [0.1, 0.15) is 17.5 Å². The van der Waals surface area contributed by atoms with Crippen LogP contribution in [0.25, 0.3) is 0 Å². The highest BCUT2D eigenvalue weighted by molar-refractivity contribution is 7.99. The van der Waals surface area contributed by atoms with Crippen molar-refractivity contribution >= 4 is 11.8 Å². The van der Waals surface area contributed by atoms with Crippen molar-refractivity contribution in [3.63, 3.8) is 0 Å². The van der Waals surface area contributed by atoms with Crippen LogP contribution < -0.4 is 0 Å². The Balaban J connectivity index is 2.29. The van der Waals surface area contributed by atoms with Gasteiger partial charge in [0.25, 0.3) is 0 Å². The van der Waals surface area contributed by atoms with Crippen LogP contribution in [0.15, 0.2) is 24.3 Å². The summed E-state index contributed by atoms with van der Waals surface area (Å²) in [6.07, 6.45) is 0.809. The molecule has 1 aliphatic rings. The van der Waals surface area contributed by atoms with Crippen molar-refractivity contribution in [2.24, 2.45) is 0 Å². The maximum Gasteiger partial charge on any atom is 0.0994 e. The van der Waals surface area contributed by atoms with Crippen LogP contribution in [-0.2, 0) is 5.60 Å². The van der Waals surface area contributed by atoms with Crippen molar-refractivity contribution in [1.82, 2.24) is 0 Å². The zero-order valence-electron chi connectivity index (χ0n) is 7.73. The fourth-order valence-corrected chi connectivity index (χ4v) is 2.91. The smallest absolute Gasteiger partial charge is 0.0994 e. The molecule has 3 heteroatoms. The second-order valence-electron chi connectivity index (χ2n) is 3.52. The van der Waals surface area contributed by atoms with Gasteiger partial charge in [-0.2, -0.15) is 17.0 Å². The fraction of sp³-hybridized carbons (Fsp3) is 0.364. The van der Waals surface area contributed by atoms with Crippen molar-refractivity contribution in [1.29, 1.82) is 5.26 Å². The van der Waals surface area contributed by atoms with E-state index in [1.807, 2.05) is 12.1 Å². The molecule has 1 atom stereocenters. The topological polar surface area (TPSA) is 44.0 Å². The van der Waals surface area contributed by atoms with Gasteiger partial charge in [-0.15, -0.1) is 0 Å². The largest absolute Gasteiger partial charge is 0.384 e. The molecular weight excluding hydrogens is 194 g/mol. The number of nitrogens with zero attached hydrogens (tertiary/aromatic N) is 1. The van der Waals surface area contributed by atoms with Crippen LogP contribution in [0.4, 0.5) is 0 Å². The summed E-state index contributed by atoms with van der Waals surface area (Å²) in [7, 11) is 0. The van der Waals surface area contributed by atoms with Crippen molar-refractivity contribution in [2.75, 3.05) is 11.5 Å². The number of hydrogen-bond donors (Lipinski definition) is 1. The second-order valence-corrected chi connectivity index (χ2v) is 4.63. The first-order valence-corrected chi connectivity index (χ1v) is 5.71. The van der Waals surface area contributed by atoms with E-state index in [-0.39, 0.29) is 0 Å². The van der Waals surface area contributed by atoms with Gasteiger partial charge in [-0.1, -0.05) is 12.1 Å². The number of rotatable bonds is 1. The van der Waals surface area contributed by atoms with E-state index in [0.29, 0.717) is 5.56 Å². The van der Waals surface area contributed by atoms with E-state index in [1.54, 1.807) is 23.9 Å². The molecule has 2 rings (SSSR count). The van der Waals surface area contributed by atoms with Crippen molar-refractivity contribution in [3.05, 3.63) is 35.4 Å². The maximum atomic E-state index is 10.2. The lowest BCUT2D eigenvalue weighted by molar-refractivity contribution is 0.0658. The first kappa shape index (κ1) is 9.57. The van der Waals surface area contributed by atoms with Gasteiger partial charge >= 0.3 is 0 Å². The zero-order chi connectivity index (χ0) is 10.0. The van der Waals surface area contributed by atoms with Crippen LogP contribution in [0.2, 0.25) is 0 Å². The summed E-state index contributed by atoms with van der Waals surface area (Å²) in [5, 5.41) is 18.9. The summed E-state index contributed by atoms with van der Waals surface area (Å²) < 4.78 is 0. The third kappa shape index (κ3) is 1.63. The summed E-state index contributed by atoms with van der Waals surface area (Å²) >= 11 is 1.77. The molecule has 0 amide bonds. The van der Waals surface area contributed by atoms with Gasteiger partial charge in [0.1, 0.15) is 0 Å². The predicted octanol–water partition coefficient (Wildman–Crippen LogP) is 1.88. The highest BCUT2D eigenvalue weighted by atomic mass is 32.2. The second kappa shape index (κ2) is 3.64. The van der Waals surface area contributed by atoms with E-state index in [0.717, 1.165) is 23.5 Å². The monoisotopic (exact) mass is 205 g/mol. The number of aliphatic hydroxyl groups is 1. The van der Waals surface area contributed by atoms with Crippen molar-refractivity contribution in [2.45, 2.75) is 12.0 Å². The Labute approximate surface area is 87.6 Å². The Hall–Kier alpha value is -0.980. The molecule has 72 valence electrons. The van der Waals surface area contributed by atoms with E-state index < -0.39 is 5.60 Å². The third-order valence-corrected chi connectivity index (χ3v) is 3.73. The van der Waals surface area contributed by atoms with E-state index >= 15 is 0 Å². The van der Waals surface area contributed by atoms with Crippen LogP contribution >= 0.6 is 11.8 Å². The number of nitriles is 1. The summed E-state index contributed by atoms with van der Waals surface area (Å²) in [4.78, 5) is 0. The molecule has 1 aromatic carbocycles. The van der Waals surface area contributed by atoms with Gasteiger partial charge in [0, 0.05) is 5.75 Å². The molecule has 0 aromatic heterocycles. The molecular formula is C11H11NOS. The SMILES string of the molecule is N#Cc1ccc(C2(O)CCSC2)cc1. The quantitative estimate of drug-likeness (QED) is 0.761. The molecule has 0 spiro atoms. The molecule has 0 bridgehead atoms. The maximum absolute atomic E-state index is 10.2. The minimum absolute atomic E-state index is 0.642. The van der Waals surface area contributed by atoms with E-state index in [2.05, 4.69) is 6.07 Å². The van der Waals surface area contributed by atoms with Gasteiger partial charge in [-0.3, -0.25) is 0 Å². The van der Waals surface area contributed by atoms with Crippen LogP contribution in [0.5, 0.6) is 0 Å². The molecule has 1 heterocycles. The van der Waals surface area contributed by atoms with Crippen molar-refractivity contribution in [3.8, 4) is 6.07 Å². The molecule has 1 N–H and O–H groups in total. The summed E-state index contributed by atoms with van der Waals surface area (Å²) in [6.45, 7) is 0. The van der Waals surface area contributed by atoms with Gasteiger partial charge in [0.05, 0.1) is 17.2 Å². The Morgan fingerprint density at radius 2 is 2.07 bits per heavy atom. The summed E-state index contributed by atoms with van der Waals surface area (Å²) in [5.41, 5.74) is 0.906. The van der Waals surface area contributed by atoms with E-state index in [4.69, 9.17) is 5.26 Å². The molecule has 2 nitrogen and oxygen atoms in total. The molecule has 1 unspecified atom stereocenters. The zero-order valence-corrected chi connectivity index (χ0v) is 8.55. The Kier molecular flexibility index (Phi) is 2.49. The first-order chi connectivity index (χ1) is 6.74. The third-order valence-electron chi connectivity index (χ3n) is 2.55. The lowest BCUT2D eigenvalue weighted by atomic mass is 9.93. The van der Waals surface area contributed by atoms with Gasteiger partial charge < -0.3 is 5.11 Å². The van der Waals surface area contributed by atoms with Crippen LogP contribution in [-0.4, -0.2) is 16.6 Å². The number of benzene rings is 1. The highest BCUT2D eigenvalue weighted by Crippen LogP contribution is 2.36. The summed E-state index contributed by atoms with van der Waals surface area (Å²) in [5.74, 6) is 1.77. The Morgan fingerprint density at radius 3 is 2.57 bits per heavy atom. The minimum Gasteiger partial charge on any atom is -0.384 e. The molecule has 1 fully saturated rings. The average molecular weight is 205 g/mol. The molecule has 1 aliphatic heterocycles. The normalized spacial score (nSPS) is 26.0. The molecule has 0 radical (unpaired) electrons. The van der Waals surface area contributed by atoms with Gasteiger partial charge in [-0.05, 0) is 29.9 Å². The minimum atomic E-state index is -0.668.